The van der Waals surface area contributed by atoms with E-state index in [1.54, 1.807) is 19.3 Å². The van der Waals surface area contributed by atoms with Gasteiger partial charge in [-0.2, -0.15) is 0 Å². The van der Waals surface area contributed by atoms with Crippen molar-refractivity contribution in [3.63, 3.8) is 0 Å². The van der Waals surface area contributed by atoms with Crippen molar-refractivity contribution in [3.05, 3.63) is 24.0 Å². The average Bonchev–Trinajstić information content (AvgIpc) is 2.15. The van der Waals surface area contributed by atoms with Gasteiger partial charge in [-0.1, -0.05) is 6.08 Å². The normalized spacial score (nSPS) is 22.5. The lowest BCUT2D eigenvalue weighted by atomic mass is 10.1. The van der Waals surface area contributed by atoms with E-state index in [0.717, 1.165) is 12.8 Å². The Morgan fingerprint density at radius 1 is 1.77 bits per heavy atom. The van der Waals surface area contributed by atoms with Crippen LogP contribution in [0.5, 0.6) is 0 Å². The fraction of sp³-hybridized carbons (Fsp3) is 0.500. The molecule has 0 saturated heterocycles. The molecule has 1 atom stereocenters. The van der Waals surface area contributed by atoms with Gasteiger partial charge < -0.3 is 9.84 Å². The number of aliphatic carboxylic acids is 1. The Kier molecular flexibility index (Phi) is 3.55. The van der Waals surface area contributed by atoms with Gasteiger partial charge in [-0.3, -0.25) is 0 Å². The molecule has 0 aromatic heterocycles. The molecule has 0 bridgehead atoms. The minimum Gasteiger partial charge on any atom is -0.498 e. The van der Waals surface area contributed by atoms with E-state index < -0.39 is 5.97 Å². The van der Waals surface area contributed by atoms with Crippen LogP contribution in [0.25, 0.3) is 0 Å². The van der Waals surface area contributed by atoms with Gasteiger partial charge in [-0.25, -0.2) is 4.79 Å². The molecule has 1 unspecified atom stereocenters. The lowest BCUT2D eigenvalue weighted by Gasteiger charge is -2.17. The molecule has 3 heteroatoms. The topological polar surface area (TPSA) is 46.5 Å². The van der Waals surface area contributed by atoms with E-state index >= 15 is 0 Å². The number of carbonyl (C=O) groups is 1. The molecule has 3 nitrogen and oxygen atoms in total. The third-order valence-electron chi connectivity index (χ3n) is 2.05. The van der Waals surface area contributed by atoms with E-state index in [1.165, 1.54) is 0 Å². The van der Waals surface area contributed by atoms with Crippen molar-refractivity contribution < 1.29 is 14.6 Å². The van der Waals surface area contributed by atoms with Crippen LogP contribution in [-0.4, -0.2) is 17.2 Å². The molecule has 0 aliphatic carbocycles. The van der Waals surface area contributed by atoms with Crippen LogP contribution in [0, 0.1) is 0 Å². The number of hydrogen-bond donors (Lipinski definition) is 1. The first-order valence-corrected chi connectivity index (χ1v) is 4.40. The summed E-state index contributed by atoms with van der Waals surface area (Å²) in [5, 5.41) is 8.59. The molecule has 1 heterocycles. The highest BCUT2D eigenvalue weighted by Gasteiger charge is 2.09. The van der Waals surface area contributed by atoms with Crippen molar-refractivity contribution in [2.45, 2.75) is 32.3 Å². The first-order valence-electron chi connectivity index (χ1n) is 4.40. The summed E-state index contributed by atoms with van der Waals surface area (Å²) in [6, 6.07) is 0. The van der Waals surface area contributed by atoms with Crippen LogP contribution in [0.4, 0.5) is 0 Å². The van der Waals surface area contributed by atoms with Gasteiger partial charge in [0.15, 0.2) is 0 Å². The fourth-order valence-corrected chi connectivity index (χ4v) is 1.15. The van der Waals surface area contributed by atoms with Gasteiger partial charge in [0.2, 0.25) is 0 Å². The zero-order valence-corrected chi connectivity index (χ0v) is 7.69. The van der Waals surface area contributed by atoms with E-state index in [0.29, 0.717) is 12.0 Å². The lowest BCUT2D eigenvalue weighted by Crippen LogP contribution is -2.11. The van der Waals surface area contributed by atoms with E-state index in [2.05, 4.69) is 0 Å². The molecular formula is C10H14O3. The summed E-state index contributed by atoms with van der Waals surface area (Å²) in [4.78, 5) is 10.4. The minimum atomic E-state index is -0.855. The maximum atomic E-state index is 10.4. The number of carboxylic acid groups (broad SMARTS) is 1. The Morgan fingerprint density at radius 3 is 3.08 bits per heavy atom. The summed E-state index contributed by atoms with van der Waals surface area (Å²) in [7, 11) is 0. The lowest BCUT2D eigenvalue weighted by molar-refractivity contribution is -0.132. The molecule has 72 valence electrons. The average molecular weight is 182 g/mol. The molecule has 13 heavy (non-hydrogen) atoms. The van der Waals surface area contributed by atoms with Crippen molar-refractivity contribution in [2.24, 2.45) is 0 Å². The maximum Gasteiger partial charge on any atom is 0.330 e. The number of carboxylic acids is 1. The summed E-state index contributed by atoms with van der Waals surface area (Å²) in [6.45, 7) is 1.60. The third-order valence-corrected chi connectivity index (χ3v) is 2.05. The van der Waals surface area contributed by atoms with Gasteiger partial charge in [-0.15, -0.1) is 0 Å². The summed E-state index contributed by atoms with van der Waals surface area (Å²) in [5.74, 6) is -0.855. The first-order chi connectivity index (χ1) is 6.20. The quantitative estimate of drug-likeness (QED) is 0.680. The Balaban J connectivity index is 2.36. The number of rotatable bonds is 3. The molecule has 0 fully saturated rings. The van der Waals surface area contributed by atoms with Crippen LogP contribution < -0.4 is 0 Å². The number of hydrogen-bond acceptors (Lipinski definition) is 2. The molecule has 1 rings (SSSR count). The molecular weight excluding hydrogens is 168 g/mol. The van der Waals surface area contributed by atoms with Crippen LogP contribution in [-0.2, 0) is 9.53 Å². The van der Waals surface area contributed by atoms with Crippen LogP contribution in [0.3, 0.4) is 0 Å². The Bertz CT molecular complexity index is 241. The van der Waals surface area contributed by atoms with E-state index in [9.17, 15) is 4.79 Å². The van der Waals surface area contributed by atoms with Crippen molar-refractivity contribution in [1.29, 1.82) is 0 Å². The third kappa shape index (κ3) is 3.32. The SMILES string of the molecule is CC(=CCC1CCC=CO1)C(=O)O. The molecule has 0 spiro atoms. The maximum absolute atomic E-state index is 10.4. The van der Waals surface area contributed by atoms with Gasteiger partial charge >= 0.3 is 5.97 Å². The van der Waals surface area contributed by atoms with Crippen LogP contribution in [0.2, 0.25) is 0 Å². The Labute approximate surface area is 77.7 Å². The monoisotopic (exact) mass is 182 g/mol. The van der Waals surface area contributed by atoms with E-state index in [-0.39, 0.29) is 6.10 Å². The highest BCUT2D eigenvalue weighted by atomic mass is 16.5. The largest absolute Gasteiger partial charge is 0.498 e. The van der Waals surface area contributed by atoms with Gasteiger partial charge in [0, 0.05) is 12.0 Å². The zero-order chi connectivity index (χ0) is 9.68. The molecule has 1 N–H and O–H groups in total. The predicted molar refractivity (Wildman–Crippen MR) is 49.3 cm³/mol. The minimum absolute atomic E-state index is 0.152. The smallest absolute Gasteiger partial charge is 0.330 e. The van der Waals surface area contributed by atoms with E-state index in [1.807, 2.05) is 6.08 Å². The van der Waals surface area contributed by atoms with Crippen molar-refractivity contribution >= 4 is 5.97 Å². The van der Waals surface area contributed by atoms with Crippen molar-refractivity contribution in [1.82, 2.24) is 0 Å². The van der Waals surface area contributed by atoms with Gasteiger partial charge in [0.25, 0.3) is 0 Å². The molecule has 0 radical (unpaired) electrons. The molecule has 0 aromatic carbocycles. The van der Waals surface area contributed by atoms with Crippen LogP contribution in [0.1, 0.15) is 26.2 Å². The second-order valence-corrected chi connectivity index (χ2v) is 3.14. The van der Waals surface area contributed by atoms with Gasteiger partial charge in [0.05, 0.1) is 6.26 Å². The highest BCUT2D eigenvalue weighted by molar-refractivity contribution is 5.85. The molecule has 1 aliphatic heterocycles. The zero-order valence-electron chi connectivity index (χ0n) is 7.69. The van der Waals surface area contributed by atoms with Gasteiger partial charge in [0.1, 0.15) is 6.10 Å². The Hall–Kier alpha value is -1.25. The first kappa shape index (κ1) is 9.84. The summed E-state index contributed by atoms with van der Waals surface area (Å²) in [6.07, 6.45) is 8.21. The summed E-state index contributed by atoms with van der Waals surface area (Å²) < 4.78 is 5.29. The summed E-state index contributed by atoms with van der Waals surface area (Å²) >= 11 is 0. The molecule has 0 aromatic rings. The fourth-order valence-electron chi connectivity index (χ4n) is 1.15. The summed E-state index contributed by atoms with van der Waals surface area (Å²) in [5.41, 5.74) is 0.387. The second-order valence-electron chi connectivity index (χ2n) is 3.14. The van der Waals surface area contributed by atoms with Gasteiger partial charge in [-0.05, 0) is 25.8 Å². The van der Waals surface area contributed by atoms with Crippen LogP contribution in [0.15, 0.2) is 24.0 Å². The number of ether oxygens (including phenoxy) is 1. The van der Waals surface area contributed by atoms with Crippen molar-refractivity contribution in [3.8, 4) is 0 Å². The molecule has 1 aliphatic rings. The molecule has 0 saturated carbocycles. The Morgan fingerprint density at radius 2 is 2.54 bits per heavy atom. The standard InChI is InChI=1S/C10H14O3/c1-8(10(11)12)5-6-9-4-2-3-7-13-9/h3,5,7,9H,2,4,6H2,1H3,(H,11,12). The second kappa shape index (κ2) is 4.70. The molecule has 0 amide bonds. The predicted octanol–water partition coefficient (Wildman–Crippen LogP) is 2.10. The van der Waals surface area contributed by atoms with Crippen molar-refractivity contribution in [2.75, 3.05) is 0 Å². The van der Waals surface area contributed by atoms with E-state index in [4.69, 9.17) is 9.84 Å². The number of allylic oxidation sites excluding steroid dienone is 1. The van der Waals surface area contributed by atoms with Crippen LogP contribution >= 0.6 is 0 Å². The highest BCUT2D eigenvalue weighted by Crippen LogP contribution is 2.14.